The van der Waals surface area contributed by atoms with E-state index in [1.54, 1.807) is 0 Å². The maximum absolute atomic E-state index is 9.17. The molecule has 0 spiro atoms. The molecular weight excluding hydrogens is 512 g/mol. The summed E-state index contributed by atoms with van der Waals surface area (Å²) in [6, 6.07) is 10.2. The van der Waals surface area contributed by atoms with Crippen LogP contribution in [0, 0.1) is 5.92 Å². The molecule has 39 heavy (non-hydrogen) atoms. The molecule has 8 heterocycles. The van der Waals surface area contributed by atoms with Gasteiger partial charge in [-0.15, -0.1) is 10.2 Å². The normalized spacial score (nSPS) is 21.9. The number of ether oxygens (including phenoxy) is 1. The van der Waals surface area contributed by atoms with E-state index in [1.165, 1.54) is 37.6 Å². The summed E-state index contributed by atoms with van der Waals surface area (Å²) in [5.74, 6) is 3.41. The topological polar surface area (TPSA) is 99.8 Å². The predicted octanol–water partition coefficient (Wildman–Crippen LogP) is 5.24. The standard InChI is InChI=1S/C29H38N6O3S/c36-16-18-39-33-23-4-5-25-26(20-23)34-14-9-24(10-15-34)37-17-2-1-3-21-7-12-35(13-8-21)27-19-22(6-11-30-27)28-31-32-29(25)38-28/h4-6,11,19-21,24,33,36H,1-3,7-10,12-18H2. The smallest absolute Gasteiger partial charge is 0.250 e. The summed E-state index contributed by atoms with van der Waals surface area (Å²) in [4.78, 5) is 9.45. The van der Waals surface area contributed by atoms with Crippen LogP contribution in [0.3, 0.4) is 0 Å². The molecule has 0 amide bonds. The molecule has 0 aliphatic carbocycles. The summed E-state index contributed by atoms with van der Waals surface area (Å²) in [5, 5.41) is 18.1. The van der Waals surface area contributed by atoms with Crippen LogP contribution < -0.4 is 14.5 Å². The number of aromatic nitrogens is 3. The van der Waals surface area contributed by atoms with Crippen LogP contribution in [0.25, 0.3) is 22.9 Å². The molecule has 0 unspecified atom stereocenters. The lowest BCUT2D eigenvalue weighted by Crippen LogP contribution is -2.37. The first kappa shape index (κ1) is 26.4. The van der Waals surface area contributed by atoms with Crippen molar-refractivity contribution in [3.63, 3.8) is 0 Å². The van der Waals surface area contributed by atoms with Crippen LogP contribution in [0.1, 0.15) is 44.9 Å². The van der Waals surface area contributed by atoms with E-state index in [0.29, 0.717) is 23.6 Å². The Kier molecular flexibility index (Phi) is 8.51. The van der Waals surface area contributed by atoms with E-state index in [2.05, 4.69) is 47.9 Å². The lowest BCUT2D eigenvalue weighted by Gasteiger charge is -2.34. The Bertz CT molecular complexity index is 1220. The number of piperidine rings is 2. The fraction of sp³-hybridized carbons (Fsp3) is 0.552. The summed E-state index contributed by atoms with van der Waals surface area (Å²) in [5.41, 5.74) is 3.87. The second-order valence-corrected chi connectivity index (χ2v) is 11.6. The van der Waals surface area contributed by atoms with E-state index in [4.69, 9.17) is 9.15 Å². The molecular formula is C29H38N6O3S. The van der Waals surface area contributed by atoms with Gasteiger partial charge >= 0.3 is 0 Å². The molecule has 6 aliphatic heterocycles. The maximum Gasteiger partial charge on any atom is 0.250 e. The van der Waals surface area contributed by atoms with Gasteiger partial charge in [-0.2, -0.15) is 0 Å². The van der Waals surface area contributed by atoms with Crippen molar-refractivity contribution in [1.29, 1.82) is 0 Å². The van der Waals surface area contributed by atoms with Crippen molar-refractivity contribution in [2.24, 2.45) is 5.92 Å². The first-order valence-electron chi connectivity index (χ1n) is 14.3. The molecule has 2 N–H and O–H groups in total. The Morgan fingerprint density at radius 3 is 2.59 bits per heavy atom. The largest absolute Gasteiger partial charge is 0.416 e. The maximum atomic E-state index is 9.17. The van der Waals surface area contributed by atoms with Gasteiger partial charge in [0.1, 0.15) is 5.82 Å². The molecule has 2 fully saturated rings. The molecule has 9 rings (SSSR count). The van der Waals surface area contributed by atoms with E-state index >= 15 is 0 Å². The molecule has 6 aliphatic rings. The van der Waals surface area contributed by atoms with E-state index in [1.807, 2.05) is 18.3 Å². The molecule has 0 radical (unpaired) electrons. The Morgan fingerprint density at radius 1 is 0.923 bits per heavy atom. The zero-order valence-electron chi connectivity index (χ0n) is 22.4. The molecule has 208 valence electrons. The lowest BCUT2D eigenvalue weighted by molar-refractivity contribution is 0.0342. The summed E-state index contributed by atoms with van der Waals surface area (Å²) < 4.78 is 15.9. The predicted molar refractivity (Wildman–Crippen MR) is 156 cm³/mol. The van der Waals surface area contributed by atoms with Gasteiger partial charge in [0.15, 0.2) is 0 Å². The molecule has 0 atom stereocenters. The van der Waals surface area contributed by atoms with Gasteiger partial charge in [0.2, 0.25) is 11.8 Å². The molecule has 1 aromatic carbocycles. The van der Waals surface area contributed by atoms with Crippen molar-refractivity contribution < 1.29 is 14.3 Å². The minimum atomic E-state index is 0.135. The third-order valence-electron chi connectivity index (χ3n) is 8.11. The van der Waals surface area contributed by atoms with Crippen molar-refractivity contribution in [3.8, 4) is 22.9 Å². The first-order valence-corrected chi connectivity index (χ1v) is 15.3. The molecule has 2 aromatic heterocycles. The number of rotatable bonds is 4. The van der Waals surface area contributed by atoms with E-state index < -0.39 is 0 Å². The Hall–Kier alpha value is -2.82. The average Bonchev–Trinajstić information content (AvgIpc) is 3.48. The second kappa shape index (κ2) is 12.6. The highest BCUT2D eigenvalue weighted by atomic mass is 32.2. The number of nitrogens with zero attached hydrogens (tertiary/aromatic N) is 5. The van der Waals surface area contributed by atoms with Crippen molar-refractivity contribution in [2.75, 3.05) is 59.7 Å². The number of nitrogens with one attached hydrogen (secondary N) is 1. The summed E-state index contributed by atoms with van der Waals surface area (Å²) >= 11 is 1.49. The number of benzene rings is 1. The number of aliphatic hydroxyl groups is 1. The number of pyridine rings is 1. The highest BCUT2D eigenvalue weighted by Gasteiger charge is 2.25. The molecule has 8 bridgehead atoms. The van der Waals surface area contributed by atoms with Gasteiger partial charge in [0.05, 0.1) is 24.0 Å². The van der Waals surface area contributed by atoms with Crippen molar-refractivity contribution in [3.05, 3.63) is 36.5 Å². The quantitative estimate of drug-likeness (QED) is 0.331. The van der Waals surface area contributed by atoms with Crippen molar-refractivity contribution in [2.45, 2.75) is 51.0 Å². The number of hydrogen-bond acceptors (Lipinski definition) is 10. The molecule has 0 saturated carbocycles. The fourth-order valence-corrected chi connectivity index (χ4v) is 6.38. The number of hydrogen-bond donors (Lipinski definition) is 2. The van der Waals surface area contributed by atoms with E-state index in [9.17, 15) is 5.11 Å². The van der Waals surface area contributed by atoms with Gasteiger partial charge in [-0.3, -0.25) is 0 Å². The van der Waals surface area contributed by atoms with Gasteiger partial charge in [-0.1, -0.05) is 24.8 Å². The Balaban J connectivity index is 1.31. The molecule has 3 aromatic rings. The minimum absolute atomic E-state index is 0.135. The highest BCUT2D eigenvalue weighted by molar-refractivity contribution is 8.00. The first-order chi connectivity index (χ1) is 19.3. The zero-order valence-corrected chi connectivity index (χ0v) is 23.2. The minimum Gasteiger partial charge on any atom is -0.416 e. The van der Waals surface area contributed by atoms with Crippen molar-refractivity contribution in [1.82, 2.24) is 15.2 Å². The van der Waals surface area contributed by atoms with Gasteiger partial charge < -0.3 is 28.8 Å². The van der Waals surface area contributed by atoms with Gasteiger partial charge in [-0.05, 0) is 68.4 Å². The highest BCUT2D eigenvalue weighted by Crippen LogP contribution is 2.37. The lowest BCUT2D eigenvalue weighted by atomic mass is 9.91. The zero-order chi connectivity index (χ0) is 26.4. The van der Waals surface area contributed by atoms with Crippen LogP contribution in [-0.4, -0.2) is 71.5 Å². The third kappa shape index (κ3) is 6.34. The fourth-order valence-electron chi connectivity index (χ4n) is 5.89. The van der Waals surface area contributed by atoms with Gasteiger partial charge in [-0.25, -0.2) is 4.98 Å². The van der Waals surface area contributed by atoms with Crippen LogP contribution in [0.5, 0.6) is 0 Å². The molecule has 10 heteroatoms. The second-order valence-electron chi connectivity index (χ2n) is 10.7. The Labute approximate surface area is 234 Å². The van der Waals surface area contributed by atoms with Crippen LogP contribution >= 0.6 is 11.9 Å². The van der Waals surface area contributed by atoms with Crippen LogP contribution in [-0.2, 0) is 4.74 Å². The summed E-state index contributed by atoms with van der Waals surface area (Å²) in [6.07, 6.45) is 10.3. The third-order valence-corrected chi connectivity index (χ3v) is 8.88. The van der Waals surface area contributed by atoms with Gasteiger partial charge in [0, 0.05) is 56.0 Å². The van der Waals surface area contributed by atoms with E-state index in [0.717, 1.165) is 86.3 Å². The Morgan fingerprint density at radius 2 is 1.74 bits per heavy atom. The SMILES string of the molecule is OCCSNc1ccc2c(c1)N1CCC(CC1)OCCCCC1CCN(CC1)c1cc(ccn1)-c1nnc-2o1. The monoisotopic (exact) mass is 550 g/mol. The van der Waals surface area contributed by atoms with Gasteiger partial charge in [0.25, 0.3) is 0 Å². The van der Waals surface area contributed by atoms with Crippen molar-refractivity contribution >= 4 is 29.1 Å². The van der Waals surface area contributed by atoms with Crippen LogP contribution in [0.15, 0.2) is 40.9 Å². The average molecular weight is 551 g/mol. The number of anilines is 3. The van der Waals surface area contributed by atoms with Crippen LogP contribution in [0.4, 0.5) is 17.2 Å². The summed E-state index contributed by atoms with van der Waals surface area (Å²) in [7, 11) is 0. The molecule has 2 saturated heterocycles. The summed E-state index contributed by atoms with van der Waals surface area (Å²) in [6.45, 7) is 4.89. The molecule has 9 nitrogen and oxygen atoms in total. The van der Waals surface area contributed by atoms with E-state index in [-0.39, 0.29) is 6.61 Å². The number of aliphatic hydroxyl groups excluding tert-OH is 1. The van der Waals surface area contributed by atoms with Crippen LogP contribution in [0.2, 0.25) is 0 Å².